The molecule has 3 nitrogen and oxygen atoms in total. The molecule has 2 rings (SSSR count). The maximum absolute atomic E-state index is 3.79. The second kappa shape index (κ2) is 7.46. The molecule has 0 aromatic carbocycles. The van der Waals surface area contributed by atoms with Crippen LogP contribution in [0.4, 0.5) is 0 Å². The second-order valence-electron chi connectivity index (χ2n) is 5.94. The van der Waals surface area contributed by atoms with E-state index in [0.29, 0.717) is 0 Å². The predicted octanol–water partition coefficient (Wildman–Crippen LogP) is 1.93. The zero-order valence-electron chi connectivity index (χ0n) is 12.3. The van der Waals surface area contributed by atoms with E-state index in [1.807, 2.05) is 0 Å². The van der Waals surface area contributed by atoms with Crippen molar-refractivity contribution in [3.05, 3.63) is 0 Å². The topological polar surface area (TPSA) is 18.5 Å². The molecule has 0 amide bonds. The molecule has 18 heavy (non-hydrogen) atoms. The molecular weight excluding hydrogens is 222 g/mol. The van der Waals surface area contributed by atoms with Crippen LogP contribution in [0.3, 0.4) is 0 Å². The molecule has 0 saturated carbocycles. The van der Waals surface area contributed by atoms with Gasteiger partial charge in [-0.25, -0.2) is 0 Å². The average molecular weight is 253 g/mol. The Hall–Kier alpha value is -0.120. The van der Waals surface area contributed by atoms with Gasteiger partial charge in [0.05, 0.1) is 0 Å². The fourth-order valence-corrected chi connectivity index (χ4v) is 3.58. The molecule has 106 valence electrons. The Morgan fingerprint density at radius 2 is 2.06 bits per heavy atom. The Morgan fingerprint density at radius 3 is 2.83 bits per heavy atom. The summed E-state index contributed by atoms with van der Waals surface area (Å²) < 4.78 is 0. The highest BCUT2D eigenvalue weighted by Crippen LogP contribution is 2.26. The van der Waals surface area contributed by atoms with E-state index in [0.717, 1.165) is 12.1 Å². The summed E-state index contributed by atoms with van der Waals surface area (Å²) in [5.41, 5.74) is 0. The molecule has 2 atom stereocenters. The molecule has 3 heteroatoms. The Kier molecular flexibility index (Phi) is 5.93. The number of rotatable bonds is 7. The number of piperidine rings is 1. The van der Waals surface area contributed by atoms with Gasteiger partial charge in [-0.2, -0.15) is 0 Å². The van der Waals surface area contributed by atoms with Gasteiger partial charge >= 0.3 is 0 Å². The molecule has 0 bridgehead atoms. The van der Waals surface area contributed by atoms with Crippen molar-refractivity contribution in [2.24, 2.45) is 0 Å². The van der Waals surface area contributed by atoms with E-state index in [-0.39, 0.29) is 0 Å². The highest BCUT2D eigenvalue weighted by Gasteiger charge is 2.31. The fraction of sp³-hybridized carbons (Fsp3) is 1.00. The number of nitrogens with one attached hydrogen (secondary N) is 1. The molecule has 2 aliphatic rings. The van der Waals surface area contributed by atoms with Crippen LogP contribution < -0.4 is 5.32 Å². The van der Waals surface area contributed by atoms with Crippen molar-refractivity contribution in [1.29, 1.82) is 0 Å². The normalized spacial score (nSPS) is 28.8. The third-order valence-corrected chi connectivity index (χ3v) is 4.67. The van der Waals surface area contributed by atoms with E-state index >= 15 is 0 Å². The Labute approximate surface area is 113 Å². The molecule has 0 spiro atoms. The van der Waals surface area contributed by atoms with E-state index < -0.39 is 0 Å². The molecule has 2 saturated heterocycles. The van der Waals surface area contributed by atoms with Gasteiger partial charge in [0.15, 0.2) is 0 Å². The molecule has 0 aliphatic carbocycles. The first kappa shape index (κ1) is 14.3. The van der Waals surface area contributed by atoms with Gasteiger partial charge in [-0.3, -0.25) is 0 Å². The Bertz CT molecular complexity index is 232. The second-order valence-corrected chi connectivity index (χ2v) is 5.94. The summed E-state index contributed by atoms with van der Waals surface area (Å²) in [6, 6.07) is 1.68. The third kappa shape index (κ3) is 3.94. The van der Waals surface area contributed by atoms with Gasteiger partial charge in [-0.15, -0.1) is 0 Å². The van der Waals surface area contributed by atoms with Crippen LogP contribution in [0.5, 0.6) is 0 Å². The SMILES string of the molecule is CCCN(CC)CCNC1CCN2CCCC2C1. The molecule has 2 fully saturated rings. The molecule has 2 unspecified atom stereocenters. The number of likely N-dealkylation sites (N-methyl/N-ethyl adjacent to an activating group) is 1. The molecule has 0 aromatic rings. The fourth-order valence-electron chi connectivity index (χ4n) is 3.58. The maximum atomic E-state index is 3.79. The van der Waals surface area contributed by atoms with Crippen molar-refractivity contribution in [2.75, 3.05) is 39.3 Å². The first-order valence-corrected chi connectivity index (χ1v) is 8.03. The standard InChI is InChI=1S/C15H31N3/c1-3-9-17(4-2)12-8-16-14-7-11-18-10-5-6-15(18)13-14/h14-16H,3-13H2,1-2H3. The first-order chi connectivity index (χ1) is 8.83. The zero-order chi connectivity index (χ0) is 12.8. The van der Waals surface area contributed by atoms with Crippen molar-refractivity contribution in [3.8, 4) is 0 Å². The van der Waals surface area contributed by atoms with Crippen molar-refractivity contribution in [3.63, 3.8) is 0 Å². The number of fused-ring (bicyclic) bond motifs is 1. The lowest BCUT2D eigenvalue weighted by molar-refractivity contribution is 0.164. The molecule has 0 radical (unpaired) electrons. The van der Waals surface area contributed by atoms with Crippen LogP contribution in [0.1, 0.15) is 46.0 Å². The van der Waals surface area contributed by atoms with Crippen LogP contribution in [0.25, 0.3) is 0 Å². The van der Waals surface area contributed by atoms with Crippen LogP contribution in [0, 0.1) is 0 Å². The van der Waals surface area contributed by atoms with E-state index in [4.69, 9.17) is 0 Å². The molecule has 2 heterocycles. The van der Waals surface area contributed by atoms with Crippen molar-refractivity contribution in [2.45, 2.75) is 58.0 Å². The summed E-state index contributed by atoms with van der Waals surface area (Å²) in [5, 5.41) is 3.79. The largest absolute Gasteiger partial charge is 0.313 e. The summed E-state index contributed by atoms with van der Waals surface area (Å²) >= 11 is 0. The van der Waals surface area contributed by atoms with Crippen LogP contribution >= 0.6 is 0 Å². The van der Waals surface area contributed by atoms with Crippen LogP contribution in [-0.4, -0.2) is 61.2 Å². The lowest BCUT2D eigenvalue weighted by Gasteiger charge is -2.35. The van der Waals surface area contributed by atoms with Gasteiger partial charge in [-0.1, -0.05) is 13.8 Å². The average Bonchev–Trinajstić information content (AvgIpc) is 2.85. The van der Waals surface area contributed by atoms with Crippen LogP contribution in [0.2, 0.25) is 0 Å². The third-order valence-electron chi connectivity index (χ3n) is 4.67. The van der Waals surface area contributed by atoms with Crippen molar-refractivity contribution < 1.29 is 0 Å². The Morgan fingerprint density at radius 1 is 1.17 bits per heavy atom. The first-order valence-electron chi connectivity index (χ1n) is 8.03. The summed E-state index contributed by atoms with van der Waals surface area (Å²) in [5.74, 6) is 0. The van der Waals surface area contributed by atoms with Gasteiger partial charge < -0.3 is 15.1 Å². The Balaban J connectivity index is 1.62. The highest BCUT2D eigenvalue weighted by atomic mass is 15.2. The smallest absolute Gasteiger partial charge is 0.0111 e. The monoisotopic (exact) mass is 253 g/mol. The van der Waals surface area contributed by atoms with Gasteiger partial charge in [-0.05, 0) is 58.3 Å². The van der Waals surface area contributed by atoms with Gasteiger partial charge in [0, 0.05) is 25.2 Å². The van der Waals surface area contributed by atoms with Gasteiger partial charge in [0.1, 0.15) is 0 Å². The lowest BCUT2D eigenvalue weighted by Crippen LogP contribution is -2.47. The van der Waals surface area contributed by atoms with E-state index in [9.17, 15) is 0 Å². The van der Waals surface area contributed by atoms with E-state index in [1.165, 1.54) is 71.4 Å². The summed E-state index contributed by atoms with van der Waals surface area (Å²) in [6.45, 7) is 12.1. The minimum Gasteiger partial charge on any atom is -0.313 e. The maximum Gasteiger partial charge on any atom is 0.0111 e. The molecule has 2 aliphatic heterocycles. The molecule has 1 N–H and O–H groups in total. The number of hydrogen-bond acceptors (Lipinski definition) is 3. The number of hydrogen-bond donors (Lipinski definition) is 1. The van der Waals surface area contributed by atoms with Crippen LogP contribution in [0.15, 0.2) is 0 Å². The minimum atomic E-state index is 0.782. The highest BCUT2D eigenvalue weighted by molar-refractivity contribution is 4.89. The molecular formula is C15H31N3. The van der Waals surface area contributed by atoms with Crippen molar-refractivity contribution in [1.82, 2.24) is 15.1 Å². The zero-order valence-corrected chi connectivity index (χ0v) is 12.3. The summed E-state index contributed by atoms with van der Waals surface area (Å²) in [6.07, 6.45) is 6.89. The van der Waals surface area contributed by atoms with Crippen molar-refractivity contribution >= 4 is 0 Å². The van der Waals surface area contributed by atoms with E-state index in [1.54, 1.807) is 0 Å². The predicted molar refractivity (Wildman–Crippen MR) is 78.0 cm³/mol. The summed E-state index contributed by atoms with van der Waals surface area (Å²) in [7, 11) is 0. The lowest BCUT2D eigenvalue weighted by atomic mass is 9.97. The quantitative estimate of drug-likeness (QED) is 0.748. The van der Waals surface area contributed by atoms with Gasteiger partial charge in [0.25, 0.3) is 0 Å². The molecule has 0 aromatic heterocycles. The minimum absolute atomic E-state index is 0.782. The summed E-state index contributed by atoms with van der Waals surface area (Å²) in [4.78, 5) is 5.26. The van der Waals surface area contributed by atoms with Crippen LogP contribution in [-0.2, 0) is 0 Å². The number of nitrogens with zero attached hydrogens (tertiary/aromatic N) is 2. The van der Waals surface area contributed by atoms with Gasteiger partial charge in [0.2, 0.25) is 0 Å². The van der Waals surface area contributed by atoms with E-state index in [2.05, 4.69) is 29.0 Å².